The van der Waals surface area contributed by atoms with E-state index in [2.05, 4.69) is 5.32 Å². The number of ether oxygens (including phenoxy) is 2. The summed E-state index contributed by atoms with van der Waals surface area (Å²) in [5, 5.41) is 24.5. The molecule has 0 aromatic heterocycles. The molecule has 0 amide bonds. The first-order chi connectivity index (χ1) is 11.4. The van der Waals surface area contributed by atoms with Crippen molar-refractivity contribution in [2.24, 2.45) is 0 Å². The lowest BCUT2D eigenvalue weighted by molar-refractivity contribution is -0.393. The number of nitrogens with one attached hydrogen (secondary N) is 1. The Hall–Kier alpha value is -2.30. The molecule has 0 aliphatic heterocycles. The lowest BCUT2D eigenvalue weighted by atomic mass is 10.2. The normalized spacial score (nSPS) is 10.8. The van der Waals surface area contributed by atoms with E-state index in [9.17, 15) is 20.2 Å². The first-order valence-corrected chi connectivity index (χ1v) is 7.38. The van der Waals surface area contributed by atoms with Gasteiger partial charge in [0, 0.05) is 19.2 Å². The van der Waals surface area contributed by atoms with E-state index in [-0.39, 0.29) is 17.1 Å². The maximum Gasteiger partial charge on any atom is 0.299 e. The van der Waals surface area contributed by atoms with E-state index in [0.29, 0.717) is 33.0 Å². The molecule has 10 nitrogen and oxygen atoms in total. The SMILES string of the molecule is CN(C)CCOCCOCCNc1ccc([N+](=O)[O-])cc1[N+](=O)[O-]. The van der Waals surface area contributed by atoms with Crippen LogP contribution in [0.2, 0.25) is 0 Å². The van der Waals surface area contributed by atoms with Crippen LogP contribution in [-0.4, -0.2) is 68.4 Å². The third kappa shape index (κ3) is 7.31. The molecule has 0 bridgehead atoms. The van der Waals surface area contributed by atoms with E-state index in [1.807, 2.05) is 19.0 Å². The molecular formula is C14H22N4O6. The van der Waals surface area contributed by atoms with Crippen molar-refractivity contribution in [2.45, 2.75) is 0 Å². The van der Waals surface area contributed by atoms with Gasteiger partial charge in [-0.1, -0.05) is 0 Å². The van der Waals surface area contributed by atoms with E-state index in [1.54, 1.807) is 0 Å². The molecule has 0 aliphatic rings. The fourth-order valence-corrected chi connectivity index (χ4v) is 1.76. The van der Waals surface area contributed by atoms with Gasteiger partial charge in [-0.3, -0.25) is 20.2 Å². The Morgan fingerprint density at radius 3 is 2.29 bits per heavy atom. The summed E-state index contributed by atoms with van der Waals surface area (Å²) in [6, 6.07) is 3.47. The minimum atomic E-state index is -0.670. The van der Waals surface area contributed by atoms with Crippen LogP contribution >= 0.6 is 0 Å². The summed E-state index contributed by atoms with van der Waals surface area (Å²) in [6.45, 7) is 3.06. The van der Waals surface area contributed by atoms with Crippen LogP contribution in [0.15, 0.2) is 18.2 Å². The smallest absolute Gasteiger partial charge is 0.299 e. The van der Waals surface area contributed by atoms with Gasteiger partial charge in [0.05, 0.1) is 42.3 Å². The molecule has 0 unspecified atom stereocenters. The predicted molar refractivity (Wildman–Crippen MR) is 88.4 cm³/mol. The Kier molecular flexibility index (Phi) is 8.61. The van der Waals surface area contributed by atoms with Crippen molar-refractivity contribution >= 4 is 17.1 Å². The second-order valence-corrected chi connectivity index (χ2v) is 5.17. The minimum Gasteiger partial charge on any atom is -0.378 e. The molecule has 1 aromatic rings. The number of likely N-dealkylation sites (N-methyl/N-ethyl adjacent to an activating group) is 1. The quantitative estimate of drug-likeness (QED) is 0.345. The standard InChI is InChI=1S/C14H22N4O6/c1-16(2)6-8-24-10-9-23-7-5-15-13-4-3-12(17(19)20)11-14(13)18(21)22/h3-4,11,15H,5-10H2,1-2H3. The number of benzene rings is 1. The monoisotopic (exact) mass is 342 g/mol. The highest BCUT2D eigenvalue weighted by atomic mass is 16.6. The number of nitrogens with zero attached hydrogens (tertiary/aromatic N) is 3. The number of nitro benzene ring substituents is 2. The van der Waals surface area contributed by atoms with Crippen molar-refractivity contribution in [1.29, 1.82) is 0 Å². The molecule has 1 rings (SSSR count). The first-order valence-electron chi connectivity index (χ1n) is 7.38. The van der Waals surface area contributed by atoms with Crippen LogP contribution in [0.4, 0.5) is 17.1 Å². The average Bonchev–Trinajstić information content (AvgIpc) is 2.52. The zero-order chi connectivity index (χ0) is 17.9. The molecule has 24 heavy (non-hydrogen) atoms. The van der Waals surface area contributed by atoms with Crippen LogP contribution in [0, 0.1) is 20.2 Å². The molecule has 0 aliphatic carbocycles. The lowest BCUT2D eigenvalue weighted by Gasteiger charge is -2.10. The van der Waals surface area contributed by atoms with E-state index >= 15 is 0 Å². The number of nitro groups is 2. The van der Waals surface area contributed by atoms with Gasteiger partial charge in [0.15, 0.2) is 0 Å². The third-order valence-corrected chi connectivity index (χ3v) is 3.01. The van der Waals surface area contributed by atoms with Crippen LogP contribution in [0.25, 0.3) is 0 Å². The molecule has 1 aromatic carbocycles. The van der Waals surface area contributed by atoms with Crippen molar-refractivity contribution < 1.29 is 19.3 Å². The molecule has 10 heteroatoms. The Bertz CT molecular complexity index is 552. The second kappa shape index (κ2) is 10.5. The zero-order valence-electron chi connectivity index (χ0n) is 13.8. The zero-order valence-corrected chi connectivity index (χ0v) is 13.8. The van der Waals surface area contributed by atoms with Gasteiger partial charge in [0.1, 0.15) is 5.69 Å². The lowest BCUT2D eigenvalue weighted by Crippen LogP contribution is -2.19. The highest BCUT2D eigenvalue weighted by Gasteiger charge is 2.18. The van der Waals surface area contributed by atoms with Crippen molar-refractivity contribution in [3.8, 4) is 0 Å². The summed E-state index contributed by atoms with van der Waals surface area (Å²) in [5.74, 6) is 0. The van der Waals surface area contributed by atoms with Gasteiger partial charge in [0.2, 0.25) is 0 Å². The predicted octanol–water partition coefficient (Wildman–Crippen LogP) is 1.51. The van der Waals surface area contributed by atoms with Crippen LogP contribution in [0.3, 0.4) is 0 Å². The minimum absolute atomic E-state index is 0.219. The average molecular weight is 342 g/mol. The van der Waals surface area contributed by atoms with Gasteiger partial charge in [0.25, 0.3) is 11.4 Å². The Morgan fingerprint density at radius 2 is 1.71 bits per heavy atom. The molecule has 0 atom stereocenters. The summed E-state index contributed by atoms with van der Waals surface area (Å²) in [5.41, 5.74) is -0.439. The van der Waals surface area contributed by atoms with Crippen LogP contribution in [0.1, 0.15) is 0 Å². The van der Waals surface area contributed by atoms with Crippen LogP contribution in [-0.2, 0) is 9.47 Å². The van der Waals surface area contributed by atoms with Crippen molar-refractivity contribution in [3.05, 3.63) is 38.4 Å². The summed E-state index contributed by atoms with van der Waals surface area (Å²) in [7, 11) is 3.92. The maximum absolute atomic E-state index is 11.0. The van der Waals surface area contributed by atoms with Gasteiger partial charge in [-0.25, -0.2) is 0 Å². The molecule has 0 heterocycles. The Balaban J connectivity index is 2.30. The van der Waals surface area contributed by atoms with E-state index in [0.717, 1.165) is 12.6 Å². The summed E-state index contributed by atoms with van der Waals surface area (Å²) < 4.78 is 10.7. The van der Waals surface area contributed by atoms with E-state index < -0.39 is 9.85 Å². The fraction of sp³-hybridized carbons (Fsp3) is 0.571. The largest absolute Gasteiger partial charge is 0.378 e. The molecule has 0 spiro atoms. The van der Waals surface area contributed by atoms with E-state index in [1.165, 1.54) is 12.1 Å². The molecule has 0 fully saturated rings. The van der Waals surface area contributed by atoms with Crippen LogP contribution < -0.4 is 5.32 Å². The third-order valence-electron chi connectivity index (χ3n) is 3.01. The summed E-state index contributed by atoms with van der Waals surface area (Å²) in [4.78, 5) is 22.3. The topological polar surface area (TPSA) is 120 Å². The van der Waals surface area contributed by atoms with Crippen molar-refractivity contribution in [3.63, 3.8) is 0 Å². The molecule has 0 radical (unpaired) electrons. The number of non-ortho nitro benzene ring substituents is 1. The number of rotatable bonds is 12. The highest BCUT2D eigenvalue weighted by Crippen LogP contribution is 2.28. The van der Waals surface area contributed by atoms with Gasteiger partial charge >= 0.3 is 0 Å². The number of hydrogen-bond donors (Lipinski definition) is 1. The highest BCUT2D eigenvalue weighted by molar-refractivity contribution is 5.65. The van der Waals surface area contributed by atoms with Crippen LogP contribution in [0.5, 0.6) is 0 Å². The van der Waals surface area contributed by atoms with Gasteiger partial charge < -0.3 is 19.7 Å². The Labute approximate surface area is 139 Å². The maximum atomic E-state index is 11.0. The molecule has 1 N–H and O–H groups in total. The molecule has 0 saturated heterocycles. The van der Waals surface area contributed by atoms with Gasteiger partial charge in [-0.15, -0.1) is 0 Å². The number of hydrogen-bond acceptors (Lipinski definition) is 8. The molecular weight excluding hydrogens is 320 g/mol. The fourth-order valence-electron chi connectivity index (χ4n) is 1.76. The first kappa shape index (κ1) is 19.7. The van der Waals surface area contributed by atoms with Gasteiger partial charge in [-0.05, 0) is 20.2 Å². The molecule has 0 saturated carbocycles. The van der Waals surface area contributed by atoms with Gasteiger partial charge in [-0.2, -0.15) is 0 Å². The van der Waals surface area contributed by atoms with Crippen molar-refractivity contribution in [2.75, 3.05) is 58.9 Å². The van der Waals surface area contributed by atoms with Crippen molar-refractivity contribution in [1.82, 2.24) is 4.90 Å². The molecule has 134 valence electrons. The second-order valence-electron chi connectivity index (χ2n) is 5.17. The Morgan fingerprint density at radius 1 is 1.04 bits per heavy atom. The summed E-state index contributed by atoms with van der Waals surface area (Å²) >= 11 is 0. The summed E-state index contributed by atoms with van der Waals surface area (Å²) in [6.07, 6.45) is 0. The van der Waals surface area contributed by atoms with E-state index in [4.69, 9.17) is 9.47 Å². The number of anilines is 1.